The van der Waals surface area contributed by atoms with Crippen molar-refractivity contribution in [2.45, 2.75) is 0 Å². The van der Waals surface area contributed by atoms with Crippen LogP contribution in [0, 0.1) is 5.82 Å². The van der Waals surface area contributed by atoms with Gasteiger partial charge in [-0.05, 0) is 36.4 Å². The smallest absolute Gasteiger partial charge is 0.341 e. The van der Waals surface area contributed by atoms with E-state index >= 15 is 0 Å². The van der Waals surface area contributed by atoms with Crippen molar-refractivity contribution in [1.29, 1.82) is 0 Å². The second-order valence-electron chi connectivity index (χ2n) is 5.17. The Morgan fingerprint density at radius 2 is 2.04 bits per heavy atom. The van der Waals surface area contributed by atoms with Gasteiger partial charge in [0.25, 0.3) is 5.91 Å². The molecule has 0 saturated heterocycles. The molecule has 128 valence electrons. The van der Waals surface area contributed by atoms with Crippen LogP contribution in [0.1, 0.15) is 20.7 Å². The van der Waals surface area contributed by atoms with Gasteiger partial charge >= 0.3 is 5.97 Å². The van der Waals surface area contributed by atoms with E-state index in [0.717, 1.165) is 6.07 Å². The number of anilines is 1. The van der Waals surface area contributed by atoms with Crippen molar-refractivity contribution in [3.63, 3.8) is 0 Å². The van der Waals surface area contributed by atoms with Crippen LogP contribution in [-0.4, -0.2) is 30.9 Å². The van der Waals surface area contributed by atoms with Crippen molar-refractivity contribution in [3.05, 3.63) is 57.8 Å². The van der Waals surface area contributed by atoms with Gasteiger partial charge in [0.05, 0.1) is 11.3 Å². The van der Waals surface area contributed by atoms with Crippen LogP contribution in [0.2, 0.25) is 0 Å². The number of esters is 1. The van der Waals surface area contributed by atoms with Crippen molar-refractivity contribution in [3.8, 4) is 5.75 Å². The van der Waals surface area contributed by atoms with Crippen molar-refractivity contribution < 1.29 is 28.2 Å². The van der Waals surface area contributed by atoms with Gasteiger partial charge in [-0.2, -0.15) is 0 Å². The zero-order chi connectivity index (χ0) is 18.0. The Hall–Kier alpha value is -2.74. The molecule has 1 aliphatic heterocycles. The number of fused-ring (bicyclic) bond motifs is 1. The minimum absolute atomic E-state index is 0.0866. The average Bonchev–Trinajstić information content (AvgIpc) is 2.58. The molecule has 25 heavy (non-hydrogen) atoms. The van der Waals surface area contributed by atoms with E-state index < -0.39 is 24.2 Å². The molecule has 1 N–H and O–H groups in total. The number of carbonyl (C=O) groups is 3. The molecule has 0 atom stereocenters. The number of rotatable bonds is 4. The van der Waals surface area contributed by atoms with E-state index in [1.165, 1.54) is 30.3 Å². The fraction of sp³-hybridized carbons (Fsp3) is 0.118. The number of carbonyl (C=O) groups excluding carboxylic acids is 3. The quantitative estimate of drug-likeness (QED) is 0.622. The van der Waals surface area contributed by atoms with Crippen molar-refractivity contribution >= 4 is 39.3 Å². The van der Waals surface area contributed by atoms with Gasteiger partial charge in [0, 0.05) is 10.0 Å². The lowest BCUT2D eigenvalue weighted by Crippen LogP contribution is -2.25. The van der Waals surface area contributed by atoms with Crippen LogP contribution in [-0.2, 0) is 9.53 Å². The topological polar surface area (TPSA) is 81.7 Å². The maximum atomic E-state index is 13.7. The third-order valence-electron chi connectivity index (χ3n) is 3.42. The summed E-state index contributed by atoms with van der Waals surface area (Å²) in [6.07, 6.45) is 0. The summed E-state index contributed by atoms with van der Waals surface area (Å²) in [6, 6.07) is 8.35. The highest BCUT2D eigenvalue weighted by Gasteiger charge is 2.19. The Morgan fingerprint density at radius 1 is 1.24 bits per heavy atom. The van der Waals surface area contributed by atoms with E-state index in [9.17, 15) is 18.8 Å². The van der Waals surface area contributed by atoms with Crippen molar-refractivity contribution in [1.82, 2.24) is 0 Å². The number of ether oxygens (including phenoxy) is 2. The van der Waals surface area contributed by atoms with Gasteiger partial charge in [0.2, 0.25) is 0 Å². The summed E-state index contributed by atoms with van der Waals surface area (Å²) in [4.78, 5) is 35.3. The number of Topliss-reactive ketones (excluding diaryl/α,β-unsaturated/α-hetero) is 1. The van der Waals surface area contributed by atoms with Crippen LogP contribution < -0.4 is 10.1 Å². The zero-order valence-corrected chi connectivity index (χ0v) is 14.3. The summed E-state index contributed by atoms with van der Waals surface area (Å²) in [7, 11) is 0. The number of hydrogen-bond donors (Lipinski definition) is 1. The first-order valence-electron chi connectivity index (χ1n) is 7.16. The number of ketones is 1. The highest BCUT2D eigenvalue weighted by atomic mass is 79.9. The highest BCUT2D eigenvalue weighted by molar-refractivity contribution is 9.10. The van der Waals surface area contributed by atoms with Crippen LogP contribution in [0.5, 0.6) is 5.75 Å². The molecule has 0 unspecified atom stereocenters. The summed E-state index contributed by atoms with van der Waals surface area (Å²) >= 11 is 3.09. The van der Waals surface area contributed by atoms with E-state index in [-0.39, 0.29) is 23.6 Å². The second kappa shape index (κ2) is 7.02. The van der Waals surface area contributed by atoms with Gasteiger partial charge < -0.3 is 14.8 Å². The maximum Gasteiger partial charge on any atom is 0.341 e. The zero-order valence-electron chi connectivity index (χ0n) is 12.7. The molecule has 1 heterocycles. The lowest BCUT2D eigenvalue weighted by Gasteiger charge is -2.18. The molecule has 2 aromatic carbocycles. The molecule has 0 saturated carbocycles. The Labute approximate surface area is 150 Å². The van der Waals surface area contributed by atoms with Crippen molar-refractivity contribution in [2.75, 3.05) is 18.5 Å². The Morgan fingerprint density at radius 3 is 2.80 bits per heavy atom. The first-order valence-corrected chi connectivity index (χ1v) is 7.95. The predicted octanol–water partition coefficient (Wildman–Crippen LogP) is 2.96. The molecule has 0 aliphatic carbocycles. The standard InChI is InChI=1S/C17H11BrFNO5/c18-10-2-3-11(12(19)6-10)17(23)25-7-14(21)9-1-4-15-13(5-9)20-16(22)8-24-15/h1-6H,7-8H2,(H,20,22). The second-order valence-corrected chi connectivity index (χ2v) is 6.09. The Bertz CT molecular complexity index is 883. The molecule has 0 aromatic heterocycles. The molecule has 2 aromatic rings. The number of amides is 1. The van der Waals surface area contributed by atoms with Gasteiger partial charge in [-0.15, -0.1) is 0 Å². The first kappa shape index (κ1) is 17.1. The van der Waals surface area contributed by atoms with Crippen molar-refractivity contribution in [2.24, 2.45) is 0 Å². The van der Waals surface area contributed by atoms with Crippen LogP contribution in [0.15, 0.2) is 40.9 Å². The third kappa shape index (κ3) is 3.85. The molecule has 8 heteroatoms. The number of nitrogens with one attached hydrogen (secondary N) is 1. The van der Waals surface area contributed by atoms with Gasteiger partial charge in [0.15, 0.2) is 19.0 Å². The van der Waals surface area contributed by atoms with Crippen LogP contribution in [0.3, 0.4) is 0 Å². The lowest BCUT2D eigenvalue weighted by atomic mass is 10.1. The average molecular weight is 408 g/mol. The largest absolute Gasteiger partial charge is 0.482 e. The fourth-order valence-electron chi connectivity index (χ4n) is 2.20. The Kier molecular flexibility index (Phi) is 4.80. The fourth-order valence-corrected chi connectivity index (χ4v) is 2.54. The van der Waals surface area contributed by atoms with E-state index in [0.29, 0.717) is 15.9 Å². The van der Waals surface area contributed by atoms with E-state index in [1.807, 2.05) is 0 Å². The van der Waals surface area contributed by atoms with Gasteiger partial charge in [-0.1, -0.05) is 15.9 Å². The van der Waals surface area contributed by atoms with Crippen LogP contribution >= 0.6 is 15.9 Å². The van der Waals surface area contributed by atoms with Gasteiger partial charge in [0.1, 0.15) is 11.6 Å². The molecule has 3 rings (SSSR count). The minimum atomic E-state index is -0.937. The molecule has 6 nitrogen and oxygen atoms in total. The number of benzene rings is 2. The molecular weight excluding hydrogens is 397 g/mol. The normalized spacial score (nSPS) is 12.6. The molecule has 1 amide bonds. The Balaban J connectivity index is 1.67. The van der Waals surface area contributed by atoms with E-state index in [2.05, 4.69) is 21.2 Å². The number of halogens is 2. The number of hydrogen-bond acceptors (Lipinski definition) is 5. The first-order chi connectivity index (χ1) is 11.9. The van der Waals surface area contributed by atoms with Gasteiger partial charge in [-0.25, -0.2) is 9.18 Å². The summed E-state index contributed by atoms with van der Waals surface area (Å²) in [5, 5.41) is 2.58. The highest BCUT2D eigenvalue weighted by Crippen LogP contribution is 2.28. The summed E-state index contributed by atoms with van der Waals surface area (Å²) in [5.74, 6) is -2.05. The third-order valence-corrected chi connectivity index (χ3v) is 3.91. The van der Waals surface area contributed by atoms with Crippen LogP contribution in [0.25, 0.3) is 0 Å². The lowest BCUT2D eigenvalue weighted by molar-refractivity contribution is -0.118. The van der Waals surface area contributed by atoms with E-state index in [1.54, 1.807) is 0 Å². The van der Waals surface area contributed by atoms with E-state index in [4.69, 9.17) is 9.47 Å². The minimum Gasteiger partial charge on any atom is -0.482 e. The molecule has 1 aliphatic rings. The summed E-state index contributed by atoms with van der Waals surface area (Å²) in [5.41, 5.74) is 0.336. The molecule has 0 radical (unpaired) electrons. The SMILES string of the molecule is O=C1COc2ccc(C(=O)COC(=O)c3ccc(Br)cc3F)cc2N1. The molecular formula is C17H11BrFNO5. The molecule has 0 spiro atoms. The van der Waals surface area contributed by atoms with Gasteiger partial charge in [-0.3, -0.25) is 9.59 Å². The monoisotopic (exact) mass is 407 g/mol. The maximum absolute atomic E-state index is 13.7. The molecule has 0 bridgehead atoms. The predicted molar refractivity (Wildman–Crippen MR) is 89.3 cm³/mol. The van der Waals surface area contributed by atoms with Crippen LogP contribution in [0.4, 0.5) is 10.1 Å². The summed E-state index contributed by atoms with van der Waals surface area (Å²) in [6.45, 7) is -0.640. The molecule has 0 fully saturated rings. The summed E-state index contributed by atoms with van der Waals surface area (Å²) < 4.78 is 24.2.